The van der Waals surface area contributed by atoms with Crippen molar-refractivity contribution in [2.75, 3.05) is 20.3 Å². The van der Waals surface area contributed by atoms with Crippen molar-refractivity contribution in [2.24, 2.45) is 0 Å². The average Bonchev–Trinajstić information content (AvgIpc) is 3.44. The molecule has 2 atom stereocenters. The standard InChI is InChI=1S/C22H22F3N3O4/c1-12(13-4-3-5-14(8-13)22(23,24)25)27-21(29)16-9-18(32-15-6-7-31-11-15)20(30-2)17-10-26-28-19(16)17/h3-5,8-10,12,15H,6-7,11H2,1-2H3,(H,26,28)(H,27,29)/t12-,15?/m1/s1. The number of aromatic amines is 1. The van der Waals surface area contributed by atoms with Crippen LogP contribution in [-0.4, -0.2) is 42.5 Å². The third kappa shape index (κ3) is 4.36. The van der Waals surface area contributed by atoms with Crippen LogP contribution in [0, 0.1) is 0 Å². The molecular formula is C22H22F3N3O4. The molecule has 2 N–H and O–H groups in total. The number of rotatable bonds is 6. The number of H-pyrrole nitrogens is 1. The molecule has 1 aromatic heterocycles. The third-order valence-corrected chi connectivity index (χ3v) is 5.34. The molecule has 1 unspecified atom stereocenters. The van der Waals surface area contributed by atoms with Crippen LogP contribution in [0.25, 0.3) is 10.9 Å². The topological polar surface area (TPSA) is 85.5 Å². The minimum Gasteiger partial charge on any atom is -0.492 e. The van der Waals surface area contributed by atoms with Gasteiger partial charge < -0.3 is 19.5 Å². The van der Waals surface area contributed by atoms with Crippen molar-refractivity contribution in [1.29, 1.82) is 0 Å². The van der Waals surface area contributed by atoms with Crippen molar-refractivity contribution in [1.82, 2.24) is 15.5 Å². The summed E-state index contributed by atoms with van der Waals surface area (Å²) in [7, 11) is 1.50. The zero-order valence-corrected chi connectivity index (χ0v) is 17.5. The van der Waals surface area contributed by atoms with Gasteiger partial charge in [-0.3, -0.25) is 9.89 Å². The maximum absolute atomic E-state index is 13.1. The maximum atomic E-state index is 13.1. The zero-order chi connectivity index (χ0) is 22.9. The molecule has 0 saturated carbocycles. The first kappa shape index (κ1) is 21.9. The van der Waals surface area contributed by atoms with E-state index in [1.54, 1.807) is 13.0 Å². The summed E-state index contributed by atoms with van der Waals surface area (Å²) in [6.45, 7) is 2.64. The number of benzene rings is 2. The van der Waals surface area contributed by atoms with Gasteiger partial charge in [-0.05, 0) is 30.7 Å². The molecular weight excluding hydrogens is 427 g/mol. The van der Waals surface area contributed by atoms with Crippen molar-refractivity contribution in [3.63, 3.8) is 0 Å². The first-order valence-electron chi connectivity index (χ1n) is 10.0. The van der Waals surface area contributed by atoms with Crippen molar-refractivity contribution in [3.8, 4) is 11.5 Å². The van der Waals surface area contributed by atoms with Gasteiger partial charge in [0, 0.05) is 6.42 Å². The van der Waals surface area contributed by atoms with Crippen LogP contribution in [0.2, 0.25) is 0 Å². The van der Waals surface area contributed by atoms with Crippen LogP contribution in [0.3, 0.4) is 0 Å². The minimum atomic E-state index is -4.46. The number of methoxy groups -OCH3 is 1. The molecule has 1 amide bonds. The number of hydrogen-bond donors (Lipinski definition) is 2. The second-order valence-corrected chi connectivity index (χ2v) is 7.54. The lowest BCUT2D eigenvalue weighted by Gasteiger charge is -2.19. The number of ether oxygens (including phenoxy) is 3. The van der Waals surface area contributed by atoms with Gasteiger partial charge in [0.1, 0.15) is 6.10 Å². The Morgan fingerprint density at radius 1 is 1.34 bits per heavy atom. The van der Waals surface area contributed by atoms with Gasteiger partial charge in [0.2, 0.25) is 0 Å². The van der Waals surface area contributed by atoms with Crippen LogP contribution in [0.4, 0.5) is 13.2 Å². The first-order valence-corrected chi connectivity index (χ1v) is 10.0. The van der Waals surface area contributed by atoms with Crippen LogP contribution in [0.15, 0.2) is 36.5 Å². The largest absolute Gasteiger partial charge is 0.492 e. The van der Waals surface area contributed by atoms with E-state index in [9.17, 15) is 18.0 Å². The Morgan fingerprint density at radius 3 is 2.84 bits per heavy atom. The molecule has 3 aromatic rings. The van der Waals surface area contributed by atoms with Gasteiger partial charge in [0.15, 0.2) is 11.5 Å². The Kier molecular flexibility index (Phi) is 5.96. The summed E-state index contributed by atoms with van der Waals surface area (Å²) in [4.78, 5) is 13.1. The lowest BCUT2D eigenvalue weighted by Crippen LogP contribution is -2.27. The lowest BCUT2D eigenvalue weighted by molar-refractivity contribution is -0.137. The summed E-state index contributed by atoms with van der Waals surface area (Å²) >= 11 is 0. The highest BCUT2D eigenvalue weighted by atomic mass is 19.4. The highest BCUT2D eigenvalue weighted by Gasteiger charge is 2.31. The molecule has 10 heteroatoms. The smallest absolute Gasteiger partial charge is 0.416 e. The maximum Gasteiger partial charge on any atom is 0.416 e. The summed E-state index contributed by atoms with van der Waals surface area (Å²) in [5, 5.41) is 10.1. The van der Waals surface area contributed by atoms with E-state index < -0.39 is 23.7 Å². The second kappa shape index (κ2) is 8.70. The summed E-state index contributed by atoms with van der Waals surface area (Å²) in [5.74, 6) is 0.316. The van der Waals surface area contributed by atoms with Gasteiger partial charge in [-0.1, -0.05) is 12.1 Å². The highest BCUT2D eigenvalue weighted by molar-refractivity contribution is 6.08. The van der Waals surface area contributed by atoms with Gasteiger partial charge in [-0.15, -0.1) is 0 Å². The second-order valence-electron chi connectivity index (χ2n) is 7.54. The SMILES string of the molecule is COc1c(OC2CCOC2)cc(C(=O)N[C@H](C)c2cccc(C(F)(F)F)c2)c2[nH]ncc12. The van der Waals surface area contributed by atoms with E-state index in [1.165, 1.54) is 25.4 Å². The molecule has 32 heavy (non-hydrogen) atoms. The molecule has 2 aromatic carbocycles. The van der Waals surface area contributed by atoms with Crippen molar-refractivity contribution in [2.45, 2.75) is 31.7 Å². The number of hydrogen-bond acceptors (Lipinski definition) is 5. The summed E-state index contributed by atoms with van der Waals surface area (Å²) < 4.78 is 56.0. The van der Waals surface area contributed by atoms with Crippen molar-refractivity contribution in [3.05, 3.63) is 53.2 Å². The van der Waals surface area contributed by atoms with Crippen LogP contribution in [-0.2, 0) is 10.9 Å². The molecule has 7 nitrogen and oxygen atoms in total. The van der Waals surface area contributed by atoms with E-state index in [4.69, 9.17) is 14.2 Å². The fourth-order valence-corrected chi connectivity index (χ4v) is 3.67. The third-order valence-electron chi connectivity index (χ3n) is 5.34. The molecule has 0 radical (unpaired) electrons. The van der Waals surface area contributed by atoms with E-state index >= 15 is 0 Å². The molecule has 0 spiro atoms. The molecule has 0 bridgehead atoms. The quantitative estimate of drug-likeness (QED) is 0.588. The number of carbonyl (C=O) groups excluding carboxylic acids is 1. The van der Waals surface area contributed by atoms with Crippen LogP contribution >= 0.6 is 0 Å². The summed E-state index contributed by atoms with van der Waals surface area (Å²) in [6.07, 6.45) is -2.40. The predicted molar refractivity (Wildman–Crippen MR) is 110 cm³/mol. The molecule has 4 rings (SSSR count). The van der Waals surface area contributed by atoms with Gasteiger partial charge in [0.25, 0.3) is 5.91 Å². The number of nitrogens with zero attached hydrogens (tertiary/aromatic N) is 1. The molecule has 0 aliphatic carbocycles. The van der Waals surface area contributed by atoms with E-state index in [2.05, 4.69) is 15.5 Å². The Bertz CT molecular complexity index is 1120. The average molecular weight is 449 g/mol. The molecule has 1 fully saturated rings. The normalized spacial score (nSPS) is 17.3. The number of aromatic nitrogens is 2. The molecule has 170 valence electrons. The lowest BCUT2D eigenvalue weighted by atomic mass is 10.0. The Balaban J connectivity index is 1.64. The Labute approximate surface area is 181 Å². The van der Waals surface area contributed by atoms with Gasteiger partial charge in [0.05, 0.1) is 54.6 Å². The van der Waals surface area contributed by atoms with Crippen molar-refractivity contribution >= 4 is 16.8 Å². The van der Waals surface area contributed by atoms with E-state index in [-0.39, 0.29) is 11.7 Å². The van der Waals surface area contributed by atoms with Gasteiger partial charge in [-0.25, -0.2) is 0 Å². The fraction of sp³-hybridized carbons (Fsp3) is 0.364. The fourth-order valence-electron chi connectivity index (χ4n) is 3.67. The molecule has 1 aliphatic rings. The zero-order valence-electron chi connectivity index (χ0n) is 17.5. The Morgan fingerprint density at radius 2 is 2.16 bits per heavy atom. The predicted octanol–water partition coefficient (Wildman–Crippen LogP) is 4.25. The number of nitrogens with one attached hydrogen (secondary N) is 2. The first-order chi connectivity index (χ1) is 15.3. The van der Waals surface area contributed by atoms with E-state index in [0.717, 1.165) is 12.1 Å². The van der Waals surface area contributed by atoms with Gasteiger partial charge in [-0.2, -0.15) is 18.3 Å². The summed E-state index contributed by atoms with van der Waals surface area (Å²) in [5.41, 5.74) is 0.241. The highest BCUT2D eigenvalue weighted by Crippen LogP contribution is 2.38. The molecule has 2 heterocycles. The Hall–Kier alpha value is -3.27. The van der Waals surface area contributed by atoms with Crippen molar-refractivity contribution < 1.29 is 32.2 Å². The minimum absolute atomic E-state index is 0.173. The number of fused-ring (bicyclic) bond motifs is 1. The number of halogens is 3. The number of carbonyl (C=O) groups is 1. The molecule has 1 aliphatic heterocycles. The number of alkyl halides is 3. The summed E-state index contributed by atoms with van der Waals surface area (Å²) in [6, 6.07) is 5.75. The number of amides is 1. The van der Waals surface area contributed by atoms with E-state index in [0.29, 0.717) is 47.6 Å². The van der Waals surface area contributed by atoms with Crippen LogP contribution in [0.1, 0.15) is 40.9 Å². The van der Waals surface area contributed by atoms with Crippen LogP contribution in [0.5, 0.6) is 11.5 Å². The van der Waals surface area contributed by atoms with E-state index in [1.807, 2.05) is 0 Å². The van der Waals surface area contributed by atoms with Gasteiger partial charge >= 0.3 is 6.18 Å². The van der Waals surface area contributed by atoms with Crippen LogP contribution < -0.4 is 14.8 Å². The monoisotopic (exact) mass is 449 g/mol. The molecule has 1 saturated heterocycles.